The summed E-state index contributed by atoms with van der Waals surface area (Å²) in [5, 5.41) is 8.60. The number of carbonyl (C=O) groups is 1. The number of benzene rings is 1. The van der Waals surface area contributed by atoms with Gasteiger partial charge in [0.25, 0.3) is 0 Å². The fraction of sp³-hybridized carbons (Fsp3) is 0.429. The maximum Gasteiger partial charge on any atom is 0.244 e. The Morgan fingerprint density at radius 2 is 1.97 bits per heavy atom. The highest BCUT2D eigenvalue weighted by Crippen LogP contribution is 2.22. The summed E-state index contributed by atoms with van der Waals surface area (Å²) in [6.07, 6.45) is 4.15. The molecule has 29 heavy (non-hydrogen) atoms. The van der Waals surface area contributed by atoms with Crippen LogP contribution in [0.25, 0.3) is 6.08 Å². The quantitative estimate of drug-likeness (QED) is 0.508. The molecule has 156 valence electrons. The number of hydrogen-bond acceptors (Lipinski definition) is 4. The van der Waals surface area contributed by atoms with E-state index >= 15 is 0 Å². The van der Waals surface area contributed by atoms with Gasteiger partial charge in [0.05, 0.1) is 25.5 Å². The molecule has 0 bridgehead atoms. The maximum absolute atomic E-state index is 12.1. The first-order valence-corrected chi connectivity index (χ1v) is 10.5. The van der Waals surface area contributed by atoms with Crippen molar-refractivity contribution >= 4 is 35.2 Å². The summed E-state index contributed by atoms with van der Waals surface area (Å²) < 4.78 is 7.06. The number of amides is 1. The van der Waals surface area contributed by atoms with Gasteiger partial charge in [-0.1, -0.05) is 35.3 Å². The third kappa shape index (κ3) is 6.57. The highest BCUT2D eigenvalue weighted by atomic mass is 35.5. The number of hydrogen-bond donors (Lipinski definition) is 1. The Morgan fingerprint density at radius 3 is 2.69 bits per heavy atom. The molecule has 0 radical (unpaired) electrons. The standard InChI is InChI=1S/C21H26Cl2N4O2/c1-16-19(21(23)27(25-16)15-17-3-5-18(22)6-4-17)7-8-20(28)24-9-2-10-26-11-13-29-14-12-26/h3-8H,2,9-15H2,1H3,(H,24,28)/b8-7+. The Labute approximate surface area is 181 Å². The molecule has 1 N–H and O–H groups in total. The van der Waals surface area contributed by atoms with E-state index in [-0.39, 0.29) is 5.91 Å². The van der Waals surface area contributed by atoms with Gasteiger partial charge in [0.15, 0.2) is 0 Å². The van der Waals surface area contributed by atoms with Crippen molar-refractivity contribution in [1.29, 1.82) is 0 Å². The minimum absolute atomic E-state index is 0.132. The molecule has 0 aliphatic carbocycles. The van der Waals surface area contributed by atoms with Crippen molar-refractivity contribution in [3.05, 3.63) is 57.3 Å². The van der Waals surface area contributed by atoms with Crippen LogP contribution in [0.4, 0.5) is 0 Å². The molecule has 0 spiro atoms. The number of morpholine rings is 1. The average molecular weight is 437 g/mol. The summed E-state index contributed by atoms with van der Waals surface area (Å²) >= 11 is 12.4. The first-order chi connectivity index (χ1) is 14.0. The third-order valence-electron chi connectivity index (χ3n) is 4.81. The normalized spacial score (nSPS) is 15.1. The lowest BCUT2D eigenvalue weighted by Crippen LogP contribution is -2.38. The minimum atomic E-state index is -0.132. The zero-order valence-corrected chi connectivity index (χ0v) is 18.0. The number of nitrogens with one attached hydrogen (secondary N) is 1. The van der Waals surface area contributed by atoms with Crippen LogP contribution in [0.5, 0.6) is 0 Å². The first kappa shape index (κ1) is 21.8. The lowest BCUT2D eigenvalue weighted by molar-refractivity contribution is -0.116. The van der Waals surface area contributed by atoms with Gasteiger partial charge in [-0.3, -0.25) is 9.69 Å². The van der Waals surface area contributed by atoms with Crippen LogP contribution in [-0.2, 0) is 16.1 Å². The van der Waals surface area contributed by atoms with Gasteiger partial charge in [-0.05, 0) is 43.7 Å². The van der Waals surface area contributed by atoms with E-state index in [4.69, 9.17) is 27.9 Å². The predicted octanol–water partition coefficient (Wildman–Crippen LogP) is 3.40. The van der Waals surface area contributed by atoms with Crippen LogP contribution in [0.15, 0.2) is 30.3 Å². The van der Waals surface area contributed by atoms with Crippen molar-refractivity contribution in [1.82, 2.24) is 20.0 Å². The van der Waals surface area contributed by atoms with Gasteiger partial charge in [-0.15, -0.1) is 0 Å². The number of nitrogens with zero attached hydrogens (tertiary/aromatic N) is 3. The molecule has 0 atom stereocenters. The van der Waals surface area contributed by atoms with Gasteiger partial charge in [0.2, 0.25) is 5.91 Å². The molecule has 1 aliphatic heterocycles. The molecule has 1 aliphatic rings. The van der Waals surface area contributed by atoms with Gasteiger partial charge in [-0.25, -0.2) is 4.68 Å². The molecule has 6 nitrogen and oxygen atoms in total. The fourth-order valence-corrected chi connectivity index (χ4v) is 3.60. The monoisotopic (exact) mass is 436 g/mol. The minimum Gasteiger partial charge on any atom is -0.379 e. The maximum atomic E-state index is 12.1. The van der Waals surface area contributed by atoms with E-state index < -0.39 is 0 Å². The second kappa shape index (κ2) is 10.8. The van der Waals surface area contributed by atoms with E-state index in [9.17, 15) is 4.79 Å². The zero-order chi connectivity index (χ0) is 20.6. The van der Waals surface area contributed by atoms with Crippen molar-refractivity contribution in [2.24, 2.45) is 0 Å². The number of carbonyl (C=O) groups excluding carboxylic acids is 1. The number of aromatic nitrogens is 2. The Balaban J connectivity index is 1.49. The van der Waals surface area contributed by atoms with Crippen molar-refractivity contribution in [2.75, 3.05) is 39.4 Å². The number of rotatable bonds is 8. The average Bonchev–Trinajstić information content (AvgIpc) is 2.99. The molecule has 1 aromatic heterocycles. The highest BCUT2D eigenvalue weighted by Gasteiger charge is 2.12. The van der Waals surface area contributed by atoms with E-state index in [2.05, 4.69) is 15.3 Å². The molecule has 2 heterocycles. The molecule has 3 rings (SSSR count). The van der Waals surface area contributed by atoms with E-state index in [0.29, 0.717) is 23.3 Å². The van der Waals surface area contributed by atoms with Gasteiger partial charge in [-0.2, -0.15) is 5.10 Å². The predicted molar refractivity (Wildman–Crippen MR) is 116 cm³/mol. The molecule has 8 heteroatoms. The Bertz CT molecular complexity index is 843. The summed E-state index contributed by atoms with van der Waals surface area (Å²) in [6.45, 7) is 7.54. The van der Waals surface area contributed by atoms with Crippen LogP contribution in [0.2, 0.25) is 10.2 Å². The van der Waals surface area contributed by atoms with Crippen LogP contribution in [0.3, 0.4) is 0 Å². The molecular weight excluding hydrogens is 411 g/mol. The molecular formula is C21H26Cl2N4O2. The summed E-state index contributed by atoms with van der Waals surface area (Å²) in [7, 11) is 0. The van der Waals surface area contributed by atoms with Crippen molar-refractivity contribution < 1.29 is 9.53 Å². The van der Waals surface area contributed by atoms with Gasteiger partial charge in [0, 0.05) is 36.3 Å². The third-order valence-corrected chi connectivity index (χ3v) is 5.46. The smallest absolute Gasteiger partial charge is 0.244 e. The second-order valence-electron chi connectivity index (χ2n) is 7.01. The Hall–Kier alpha value is -1.86. The number of aryl methyl sites for hydroxylation is 1. The largest absolute Gasteiger partial charge is 0.379 e. The van der Waals surface area contributed by atoms with Crippen LogP contribution in [0.1, 0.15) is 23.2 Å². The van der Waals surface area contributed by atoms with E-state index in [0.717, 1.165) is 56.1 Å². The summed E-state index contributed by atoms with van der Waals surface area (Å²) in [5.74, 6) is -0.132. The topological polar surface area (TPSA) is 59.4 Å². The van der Waals surface area contributed by atoms with Crippen molar-refractivity contribution in [3.8, 4) is 0 Å². The lowest BCUT2D eigenvalue weighted by atomic mass is 10.2. The Morgan fingerprint density at radius 1 is 1.24 bits per heavy atom. The van der Waals surface area contributed by atoms with Gasteiger partial charge in [0.1, 0.15) is 5.15 Å². The second-order valence-corrected chi connectivity index (χ2v) is 7.80. The first-order valence-electron chi connectivity index (χ1n) is 9.76. The van der Waals surface area contributed by atoms with Crippen LogP contribution in [-0.4, -0.2) is 60.0 Å². The van der Waals surface area contributed by atoms with Crippen LogP contribution in [0, 0.1) is 6.92 Å². The van der Waals surface area contributed by atoms with Gasteiger partial charge >= 0.3 is 0 Å². The summed E-state index contributed by atoms with van der Waals surface area (Å²) in [4.78, 5) is 14.5. The molecule has 1 fully saturated rings. The molecule has 2 aromatic rings. The van der Waals surface area contributed by atoms with E-state index in [1.165, 1.54) is 6.08 Å². The fourth-order valence-electron chi connectivity index (χ4n) is 3.18. The molecule has 0 unspecified atom stereocenters. The number of ether oxygens (including phenoxy) is 1. The lowest BCUT2D eigenvalue weighted by Gasteiger charge is -2.26. The molecule has 1 aromatic carbocycles. The summed E-state index contributed by atoms with van der Waals surface area (Å²) in [6, 6.07) is 7.56. The SMILES string of the molecule is Cc1nn(Cc2ccc(Cl)cc2)c(Cl)c1/C=C/C(=O)NCCCN1CCOCC1. The van der Waals surface area contributed by atoms with Crippen LogP contribution >= 0.6 is 23.2 Å². The Kier molecular flexibility index (Phi) is 8.12. The summed E-state index contributed by atoms with van der Waals surface area (Å²) in [5.41, 5.74) is 2.58. The van der Waals surface area contributed by atoms with E-state index in [1.54, 1.807) is 10.8 Å². The number of halogens is 2. The molecule has 1 saturated heterocycles. The zero-order valence-electron chi connectivity index (χ0n) is 16.5. The molecule has 0 saturated carbocycles. The van der Waals surface area contributed by atoms with Crippen molar-refractivity contribution in [2.45, 2.75) is 19.9 Å². The highest BCUT2D eigenvalue weighted by molar-refractivity contribution is 6.31. The van der Waals surface area contributed by atoms with Crippen LogP contribution < -0.4 is 5.32 Å². The van der Waals surface area contributed by atoms with Crippen molar-refractivity contribution in [3.63, 3.8) is 0 Å². The van der Waals surface area contributed by atoms with Gasteiger partial charge < -0.3 is 10.1 Å². The molecule has 1 amide bonds. The van der Waals surface area contributed by atoms with E-state index in [1.807, 2.05) is 31.2 Å².